The number of halogens is 1. The fourth-order valence-electron chi connectivity index (χ4n) is 3.09. The minimum absolute atomic E-state index is 0.178. The maximum absolute atomic E-state index is 12.8. The van der Waals surface area contributed by atoms with Gasteiger partial charge in [0.05, 0.1) is 0 Å². The number of rotatable bonds is 3. The molecule has 0 unspecified atom stereocenters. The molecule has 0 radical (unpaired) electrons. The summed E-state index contributed by atoms with van der Waals surface area (Å²) in [6.45, 7) is 2.85. The van der Waals surface area contributed by atoms with E-state index in [1.54, 1.807) is 17.9 Å². The zero-order chi connectivity index (χ0) is 16.6. The second kappa shape index (κ2) is 5.96. The van der Waals surface area contributed by atoms with Crippen molar-refractivity contribution in [2.75, 3.05) is 19.6 Å². The first-order chi connectivity index (χ1) is 10.9. The zero-order valence-corrected chi connectivity index (χ0v) is 14.4. The average molecular weight is 380 g/mol. The number of likely N-dealkylation sites (tertiary alicyclic amines) is 1. The standard InChI is InChI=1S/C16H18BrN3O3/c1-16(11-6-2-3-7-12(11)17)14(22)20(15(23)18-16)10-13(21)19-8-4-5-9-19/h2-3,6-7H,4-5,8-10H2,1H3,(H,18,23)/t16-/m0/s1. The van der Waals surface area contributed by atoms with E-state index in [2.05, 4.69) is 21.2 Å². The van der Waals surface area contributed by atoms with Crippen LogP contribution in [0.15, 0.2) is 28.7 Å². The summed E-state index contributed by atoms with van der Waals surface area (Å²) in [6.07, 6.45) is 1.95. The molecule has 6 nitrogen and oxygen atoms in total. The quantitative estimate of drug-likeness (QED) is 0.814. The van der Waals surface area contributed by atoms with Crippen LogP contribution in [0.2, 0.25) is 0 Å². The Balaban J connectivity index is 1.82. The van der Waals surface area contributed by atoms with Crippen molar-refractivity contribution in [1.29, 1.82) is 0 Å². The number of carbonyl (C=O) groups excluding carboxylic acids is 3. The predicted octanol–water partition coefficient (Wildman–Crippen LogP) is 1.84. The Morgan fingerprint density at radius 1 is 1.26 bits per heavy atom. The first-order valence-electron chi connectivity index (χ1n) is 7.60. The van der Waals surface area contributed by atoms with Gasteiger partial charge in [-0.15, -0.1) is 0 Å². The van der Waals surface area contributed by atoms with Gasteiger partial charge in [-0.25, -0.2) is 4.79 Å². The summed E-state index contributed by atoms with van der Waals surface area (Å²) in [5.41, 5.74) is -0.489. The van der Waals surface area contributed by atoms with Gasteiger partial charge >= 0.3 is 6.03 Å². The lowest BCUT2D eigenvalue weighted by Gasteiger charge is -2.24. The van der Waals surface area contributed by atoms with Gasteiger partial charge in [-0.2, -0.15) is 0 Å². The summed E-state index contributed by atoms with van der Waals surface area (Å²) in [5.74, 6) is -0.579. The number of hydrogen-bond donors (Lipinski definition) is 1. The third-order valence-corrected chi connectivity index (χ3v) is 5.13. The van der Waals surface area contributed by atoms with Crippen molar-refractivity contribution in [2.45, 2.75) is 25.3 Å². The van der Waals surface area contributed by atoms with E-state index in [-0.39, 0.29) is 12.5 Å². The molecule has 0 aromatic heterocycles. The highest BCUT2D eigenvalue weighted by atomic mass is 79.9. The molecule has 2 aliphatic heterocycles. The van der Waals surface area contributed by atoms with Gasteiger partial charge in [0, 0.05) is 23.1 Å². The highest BCUT2D eigenvalue weighted by Crippen LogP contribution is 2.33. The Kier molecular flexibility index (Phi) is 4.14. The maximum atomic E-state index is 12.8. The Morgan fingerprint density at radius 3 is 2.57 bits per heavy atom. The molecule has 0 spiro atoms. The molecule has 0 saturated carbocycles. The molecule has 2 fully saturated rings. The van der Waals surface area contributed by atoms with Crippen molar-refractivity contribution < 1.29 is 14.4 Å². The lowest BCUT2D eigenvalue weighted by atomic mass is 9.92. The van der Waals surface area contributed by atoms with Crippen LogP contribution >= 0.6 is 15.9 Å². The predicted molar refractivity (Wildman–Crippen MR) is 87.6 cm³/mol. The van der Waals surface area contributed by atoms with E-state index < -0.39 is 17.5 Å². The first kappa shape index (κ1) is 16.0. The third-order valence-electron chi connectivity index (χ3n) is 4.44. The van der Waals surface area contributed by atoms with E-state index in [0.717, 1.165) is 22.2 Å². The Hall–Kier alpha value is -1.89. The second-order valence-corrected chi connectivity index (χ2v) is 6.87. The van der Waals surface area contributed by atoms with Gasteiger partial charge in [-0.05, 0) is 25.8 Å². The fraction of sp³-hybridized carbons (Fsp3) is 0.438. The van der Waals surface area contributed by atoms with Crippen LogP contribution in [0.3, 0.4) is 0 Å². The molecule has 0 bridgehead atoms. The molecule has 2 saturated heterocycles. The van der Waals surface area contributed by atoms with E-state index in [1.165, 1.54) is 0 Å². The lowest BCUT2D eigenvalue weighted by Crippen LogP contribution is -2.44. The van der Waals surface area contributed by atoms with Crippen LogP contribution in [-0.4, -0.2) is 47.3 Å². The molecular formula is C16H18BrN3O3. The van der Waals surface area contributed by atoms with Crippen LogP contribution < -0.4 is 5.32 Å². The molecule has 122 valence electrons. The maximum Gasteiger partial charge on any atom is 0.325 e. The molecule has 3 rings (SSSR count). The third kappa shape index (κ3) is 2.73. The number of amides is 4. The van der Waals surface area contributed by atoms with Gasteiger partial charge < -0.3 is 10.2 Å². The van der Waals surface area contributed by atoms with Crippen LogP contribution in [0.1, 0.15) is 25.3 Å². The topological polar surface area (TPSA) is 69.7 Å². The van der Waals surface area contributed by atoms with Gasteiger partial charge in [-0.3, -0.25) is 14.5 Å². The monoisotopic (exact) mass is 379 g/mol. The van der Waals surface area contributed by atoms with Gasteiger partial charge in [0.2, 0.25) is 5.91 Å². The normalized spacial score (nSPS) is 24.3. The molecule has 1 atom stereocenters. The second-order valence-electron chi connectivity index (χ2n) is 6.01. The van der Waals surface area contributed by atoms with Crippen LogP contribution in [0.5, 0.6) is 0 Å². The Morgan fingerprint density at radius 2 is 1.91 bits per heavy atom. The summed E-state index contributed by atoms with van der Waals surface area (Å²) < 4.78 is 0.740. The van der Waals surface area contributed by atoms with Gasteiger partial charge in [0.25, 0.3) is 5.91 Å². The van der Waals surface area contributed by atoms with E-state index in [9.17, 15) is 14.4 Å². The summed E-state index contributed by atoms with van der Waals surface area (Å²) in [7, 11) is 0. The van der Waals surface area contributed by atoms with Gasteiger partial charge in [-0.1, -0.05) is 34.1 Å². The van der Waals surface area contributed by atoms with Crippen molar-refractivity contribution >= 4 is 33.8 Å². The number of benzene rings is 1. The SMILES string of the molecule is C[C@@]1(c2ccccc2Br)NC(=O)N(CC(=O)N2CCCC2)C1=O. The summed E-state index contributed by atoms with van der Waals surface area (Å²) >= 11 is 3.42. The molecule has 1 aromatic rings. The smallest absolute Gasteiger partial charge is 0.325 e. The molecule has 7 heteroatoms. The van der Waals surface area contributed by atoms with Crippen molar-refractivity contribution in [3.63, 3.8) is 0 Å². The summed E-state index contributed by atoms with van der Waals surface area (Å²) in [5, 5.41) is 2.72. The minimum atomic E-state index is -1.16. The van der Waals surface area contributed by atoms with Crippen LogP contribution in [-0.2, 0) is 15.1 Å². The average Bonchev–Trinajstić information content (AvgIpc) is 3.12. The highest BCUT2D eigenvalue weighted by molar-refractivity contribution is 9.10. The number of hydrogen-bond acceptors (Lipinski definition) is 3. The Bertz CT molecular complexity index is 672. The van der Waals surface area contributed by atoms with Crippen molar-refractivity contribution in [3.8, 4) is 0 Å². The highest BCUT2D eigenvalue weighted by Gasteiger charge is 2.50. The van der Waals surface area contributed by atoms with Gasteiger partial charge in [0.15, 0.2) is 0 Å². The molecule has 1 N–H and O–H groups in total. The summed E-state index contributed by atoms with van der Waals surface area (Å²) in [4.78, 5) is 40.0. The number of imide groups is 1. The number of nitrogens with zero attached hydrogens (tertiary/aromatic N) is 2. The molecule has 2 aliphatic rings. The fourth-order valence-corrected chi connectivity index (χ4v) is 3.77. The minimum Gasteiger partial charge on any atom is -0.341 e. The van der Waals surface area contributed by atoms with E-state index in [0.29, 0.717) is 18.7 Å². The largest absolute Gasteiger partial charge is 0.341 e. The molecular weight excluding hydrogens is 362 g/mol. The molecule has 1 aromatic carbocycles. The van der Waals surface area contributed by atoms with Crippen LogP contribution in [0.25, 0.3) is 0 Å². The molecule has 4 amide bonds. The molecule has 0 aliphatic carbocycles. The van der Waals surface area contributed by atoms with Crippen molar-refractivity contribution in [3.05, 3.63) is 34.3 Å². The van der Waals surface area contributed by atoms with Gasteiger partial charge in [0.1, 0.15) is 12.1 Å². The van der Waals surface area contributed by atoms with Crippen molar-refractivity contribution in [2.24, 2.45) is 0 Å². The first-order valence-corrected chi connectivity index (χ1v) is 8.39. The molecule has 2 heterocycles. The van der Waals surface area contributed by atoms with Crippen LogP contribution in [0.4, 0.5) is 4.79 Å². The zero-order valence-electron chi connectivity index (χ0n) is 12.8. The summed E-state index contributed by atoms with van der Waals surface area (Å²) in [6, 6.07) is 6.72. The Labute approximate surface area is 142 Å². The number of nitrogens with one attached hydrogen (secondary N) is 1. The number of urea groups is 1. The van der Waals surface area contributed by atoms with E-state index in [4.69, 9.17) is 0 Å². The van der Waals surface area contributed by atoms with E-state index >= 15 is 0 Å². The van der Waals surface area contributed by atoms with Crippen molar-refractivity contribution in [1.82, 2.24) is 15.1 Å². The number of carbonyl (C=O) groups is 3. The lowest BCUT2D eigenvalue weighted by molar-refractivity contribution is -0.138. The van der Waals surface area contributed by atoms with E-state index in [1.807, 2.05) is 18.2 Å². The van der Waals surface area contributed by atoms with Crippen LogP contribution in [0, 0.1) is 0 Å². The molecule has 23 heavy (non-hydrogen) atoms.